The van der Waals surface area contributed by atoms with E-state index in [0.29, 0.717) is 18.3 Å². The van der Waals surface area contributed by atoms with Gasteiger partial charge in [-0.3, -0.25) is 0 Å². The standard InChI is InChI=1S/C14H27N3O2/c1-7-14(8-2,18-9-3)12-16-11(19-17-12)10(15)13(4,5)6/h10H,7-9,15H2,1-6H3/t10-/m0/s1. The van der Waals surface area contributed by atoms with Crippen LogP contribution in [-0.2, 0) is 10.3 Å². The highest BCUT2D eigenvalue weighted by Gasteiger charge is 2.36. The van der Waals surface area contributed by atoms with E-state index in [1.54, 1.807) is 0 Å². The Morgan fingerprint density at radius 1 is 1.21 bits per heavy atom. The highest BCUT2D eigenvalue weighted by atomic mass is 16.5. The van der Waals surface area contributed by atoms with Crippen LogP contribution in [0.25, 0.3) is 0 Å². The average Bonchev–Trinajstić information content (AvgIpc) is 2.84. The summed E-state index contributed by atoms with van der Waals surface area (Å²) in [5.41, 5.74) is 5.57. The Labute approximate surface area is 115 Å². The molecule has 0 amide bonds. The minimum absolute atomic E-state index is 0.115. The summed E-state index contributed by atoms with van der Waals surface area (Å²) in [6.45, 7) is 12.9. The van der Waals surface area contributed by atoms with Crippen molar-refractivity contribution in [1.82, 2.24) is 10.1 Å². The zero-order chi connectivity index (χ0) is 14.7. The number of nitrogens with two attached hydrogens (primary N) is 1. The quantitative estimate of drug-likeness (QED) is 0.858. The van der Waals surface area contributed by atoms with Gasteiger partial charge in [0.05, 0.1) is 6.04 Å². The van der Waals surface area contributed by atoms with Crippen LogP contribution >= 0.6 is 0 Å². The van der Waals surface area contributed by atoms with Crippen molar-refractivity contribution in [2.75, 3.05) is 6.61 Å². The summed E-state index contributed by atoms with van der Waals surface area (Å²) in [4.78, 5) is 4.48. The minimum Gasteiger partial charge on any atom is -0.367 e. The third-order valence-electron chi connectivity index (χ3n) is 3.61. The predicted octanol–water partition coefficient (Wildman–Crippen LogP) is 3.17. The molecule has 19 heavy (non-hydrogen) atoms. The van der Waals surface area contributed by atoms with Crippen molar-refractivity contribution in [3.8, 4) is 0 Å². The molecule has 0 fully saturated rings. The topological polar surface area (TPSA) is 74.2 Å². The number of hydrogen-bond acceptors (Lipinski definition) is 5. The maximum Gasteiger partial charge on any atom is 0.244 e. The smallest absolute Gasteiger partial charge is 0.244 e. The lowest BCUT2D eigenvalue weighted by atomic mass is 9.87. The fourth-order valence-corrected chi connectivity index (χ4v) is 2.03. The second-order valence-electron chi connectivity index (χ2n) is 5.93. The summed E-state index contributed by atoms with van der Waals surface area (Å²) in [6.07, 6.45) is 1.61. The third kappa shape index (κ3) is 3.34. The van der Waals surface area contributed by atoms with Crippen molar-refractivity contribution < 1.29 is 9.26 Å². The van der Waals surface area contributed by atoms with Gasteiger partial charge in [0.2, 0.25) is 11.7 Å². The molecular weight excluding hydrogens is 242 g/mol. The molecule has 0 aliphatic heterocycles. The van der Waals surface area contributed by atoms with Crippen molar-refractivity contribution in [2.45, 2.75) is 66.0 Å². The van der Waals surface area contributed by atoms with E-state index in [9.17, 15) is 0 Å². The van der Waals surface area contributed by atoms with Gasteiger partial charge in [-0.15, -0.1) is 0 Å². The lowest BCUT2D eigenvalue weighted by Crippen LogP contribution is -2.30. The van der Waals surface area contributed by atoms with Gasteiger partial charge in [0.1, 0.15) is 5.60 Å². The van der Waals surface area contributed by atoms with Gasteiger partial charge in [-0.1, -0.05) is 39.8 Å². The second-order valence-corrected chi connectivity index (χ2v) is 5.93. The Kier molecular flexibility index (Phi) is 5.10. The van der Waals surface area contributed by atoms with Crippen LogP contribution in [0.4, 0.5) is 0 Å². The highest BCUT2D eigenvalue weighted by molar-refractivity contribution is 5.04. The van der Waals surface area contributed by atoms with E-state index in [0.717, 1.165) is 12.8 Å². The monoisotopic (exact) mass is 269 g/mol. The largest absolute Gasteiger partial charge is 0.367 e. The summed E-state index contributed by atoms with van der Waals surface area (Å²) in [5, 5.41) is 4.09. The van der Waals surface area contributed by atoms with Crippen molar-refractivity contribution >= 4 is 0 Å². The molecule has 0 aromatic carbocycles. The zero-order valence-corrected chi connectivity index (χ0v) is 13.0. The molecule has 0 spiro atoms. The molecule has 110 valence electrons. The van der Waals surface area contributed by atoms with E-state index in [4.69, 9.17) is 15.0 Å². The lowest BCUT2D eigenvalue weighted by Gasteiger charge is -2.28. The fourth-order valence-electron chi connectivity index (χ4n) is 2.03. The normalized spacial score (nSPS) is 14.7. The molecule has 0 radical (unpaired) electrons. The summed E-state index contributed by atoms with van der Waals surface area (Å²) in [5.74, 6) is 1.09. The van der Waals surface area contributed by atoms with E-state index < -0.39 is 5.60 Å². The Morgan fingerprint density at radius 3 is 2.21 bits per heavy atom. The molecule has 0 unspecified atom stereocenters. The van der Waals surface area contributed by atoms with Gasteiger partial charge in [0, 0.05) is 6.61 Å². The van der Waals surface area contributed by atoms with Gasteiger partial charge < -0.3 is 15.0 Å². The summed E-state index contributed by atoms with van der Waals surface area (Å²) in [7, 11) is 0. The first-order chi connectivity index (χ1) is 8.80. The van der Waals surface area contributed by atoms with Gasteiger partial charge >= 0.3 is 0 Å². The first kappa shape index (κ1) is 16.1. The molecule has 0 aliphatic rings. The van der Waals surface area contributed by atoms with E-state index in [1.807, 2.05) is 6.92 Å². The molecule has 0 aliphatic carbocycles. The maximum atomic E-state index is 6.15. The number of rotatable bonds is 6. The third-order valence-corrected chi connectivity index (χ3v) is 3.61. The Morgan fingerprint density at radius 2 is 1.79 bits per heavy atom. The molecule has 1 aromatic heterocycles. The molecule has 1 aromatic rings. The first-order valence-corrected chi connectivity index (χ1v) is 7.04. The Hall–Kier alpha value is -0.940. The van der Waals surface area contributed by atoms with Gasteiger partial charge in [-0.05, 0) is 25.2 Å². The van der Waals surface area contributed by atoms with Crippen LogP contribution in [0.15, 0.2) is 4.52 Å². The van der Waals surface area contributed by atoms with Crippen molar-refractivity contribution in [1.29, 1.82) is 0 Å². The fraction of sp³-hybridized carbons (Fsp3) is 0.857. The number of ether oxygens (including phenoxy) is 1. The molecule has 0 saturated heterocycles. The number of nitrogens with zero attached hydrogens (tertiary/aromatic N) is 2. The number of hydrogen-bond donors (Lipinski definition) is 1. The average molecular weight is 269 g/mol. The van der Waals surface area contributed by atoms with Gasteiger partial charge in [0.15, 0.2) is 0 Å². The van der Waals surface area contributed by atoms with Crippen LogP contribution in [-0.4, -0.2) is 16.7 Å². The molecular formula is C14H27N3O2. The van der Waals surface area contributed by atoms with Crippen LogP contribution in [0.5, 0.6) is 0 Å². The van der Waals surface area contributed by atoms with Crippen molar-refractivity contribution in [2.24, 2.45) is 11.1 Å². The van der Waals surface area contributed by atoms with Gasteiger partial charge in [-0.25, -0.2) is 0 Å². The van der Waals surface area contributed by atoms with Crippen LogP contribution in [0, 0.1) is 5.41 Å². The summed E-state index contributed by atoms with van der Waals surface area (Å²) >= 11 is 0. The summed E-state index contributed by atoms with van der Waals surface area (Å²) < 4.78 is 11.2. The Balaban J connectivity index is 3.06. The molecule has 1 rings (SSSR count). The predicted molar refractivity (Wildman–Crippen MR) is 74.6 cm³/mol. The molecule has 2 N–H and O–H groups in total. The maximum absolute atomic E-state index is 6.15. The summed E-state index contributed by atoms with van der Waals surface area (Å²) in [6, 6.07) is -0.276. The minimum atomic E-state index is -0.464. The van der Waals surface area contributed by atoms with Crippen LogP contribution in [0.1, 0.15) is 72.1 Å². The molecule has 0 saturated carbocycles. The van der Waals surface area contributed by atoms with Gasteiger partial charge in [-0.2, -0.15) is 4.98 Å². The number of aromatic nitrogens is 2. The zero-order valence-electron chi connectivity index (χ0n) is 13.0. The SMILES string of the molecule is CCOC(CC)(CC)c1noc([C@H](N)C(C)(C)C)n1. The van der Waals surface area contributed by atoms with Gasteiger partial charge in [0.25, 0.3) is 0 Å². The van der Waals surface area contributed by atoms with Crippen LogP contribution in [0.3, 0.4) is 0 Å². The van der Waals surface area contributed by atoms with Crippen molar-refractivity contribution in [3.05, 3.63) is 11.7 Å². The van der Waals surface area contributed by atoms with E-state index in [2.05, 4.69) is 44.8 Å². The van der Waals surface area contributed by atoms with Crippen LogP contribution in [0.2, 0.25) is 0 Å². The Bertz CT molecular complexity index is 392. The van der Waals surface area contributed by atoms with Crippen molar-refractivity contribution in [3.63, 3.8) is 0 Å². The van der Waals surface area contributed by atoms with E-state index >= 15 is 0 Å². The van der Waals surface area contributed by atoms with E-state index in [1.165, 1.54) is 0 Å². The molecule has 0 bridgehead atoms. The molecule has 5 nitrogen and oxygen atoms in total. The second kappa shape index (κ2) is 6.01. The van der Waals surface area contributed by atoms with Crippen LogP contribution < -0.4 is 5.73 Å². The first-order valence-electron chi connectivity index (χ1n) is 7.04. The molecule has 1 heterocycles. The molecule has 5 heteroatoms. The highest BCUT2D eigenvalue weighted by Crippen LogP contribution is 2.34. The van der Waals surface area contributed by atoms with E-state index in [-0.39, 0.29) is 11.5 Å². The molecule has 1 atom stereocenters. The lowest BCUT2D eigenvalue weighted by molar-refractivity contribution is -0.0583.